The second-order valence-corrected chi connectivity index (χ2v) is 8.63. The first-order chi connectivity index (χ1) is 11.1. The largest absolute Gasteiger partial charge is 0.387 e. The van der Waals surface area contributed by atoms with Gasteiger partial charge in [0.05, 0.1) is 10.3 Å². The molecule has 0 saturated carbocycles. The zero-order valence-electron chi connectivity index (χ0n) is 12.2. The molecule has 0 amide bonds. The Hall–Kier alpha value is -1.74. The molecule has 23 heavy (non-hydrogen) atoms. The van der Waals surface area contributed by atoms with Gasteiger partial charge in [0.15, 0.2) is 0 Å². The molecule has 1 aliphatic rings. The van der Waals surface area contributed by atoms with Crippen molar-refractivity contribution in [1.82, 2.24) is 14.9 Å². The Morgan fingerprint density at radius 1 is 1.35 bits per heavy atom. The number of nitrogens with zero attached hydrogens (tertiary/aromatic N) is 2. The molecule has 0 radical (unpaired) electrons. The van der Waals surface area contributed by atoms with E-state index >= 15 is 0 Å². The van der Waals surface area contributed by atoms with Gasteiger partial charge in [-0.1, -0.05) is 17.4 Å². The highest BCUT2D eigenvalue weighted by atomic mass is 32.1. The van der Waals surface area contributed by atoms with E-state index in [1.165, 1.54) is 11.3 Å². The van der Waals surface area contributed by atoms with Gasteiger partial charge >= 0.3 is 0 Å². The van der Waals surface area contributed by atoms with Gasteiger partial charge in [-0.25, -0.2) is 9.38 Å². The summed E-state index contributed by atoms with van der Waals surface area (Å²) in [5.41, 5.74) is 4.00. The number of nitrogens with one attached hydrogen (secondary N) is 1. The summed E-state index contributed by atoms with van der Waals surface area (Å²) < 4.78 is 1.60. The van der Waals surface area contributed by atoms with Crippen LogP contribution in [0, 0.1) is 13.8 Å². The first kappa shape index (κ1) is 13.7. The highest BCUT2D eigenvalue weighted by molar-refractivity contribution is 7.20. The van der Waals surface area contributed by atoms with Crippen molar-refractivity contribution < 1.29 is 4.84 Å². The number of aryl methyl sites for hydroxylation is 2. The quantitative estimate of drug-likeness (QED) is 0.562. The molecule has 1 N–H and O–H groups in total. The van der Waals surface area contributed by atoms with Gasteiger partial charge in [-0.15, -0.1) is 28.2 Å². The summed E-state index contributed by atoms with van der Waals surface area (Å²) in [6.45, 7) is 4.00. The number of thiophene rings is 2. The fraction of sp³-hybridized carbons (Fsp3) is 0.200. The van der Waals surface area contributed by atoms with Crippen molar-refractivity contribution in [3.8, 4) is 5.88 Å². The summed E-state index contributed by atoms with van der Waals surface area (Å²) in [6, 6.07) is 4.05. The van der Waals surface area contributed by atoms with Crippen LogP contribution in [0.2, 0.25) is 0 Å². The number of fused-ring (bicyclic) bond motifs is 4. The van der Waals surface area contributed by atoms with Crippen LogP contribution >= 0.6 is 34.0 Å². The fourth-order valence-corrected chi connectivity index (χ4v) is 5.89. The number of hydrogen-bond donors (Lipinski definition) is 1. The van der Waals surface area contributed by atoms with Crippen LogP contribution in [0.3, 0.4) is 0 Å². The summed E-state index contributed by atoms with van der Waals surface area (Å²) in [5.74, 6) is 0.575. The molecular weight excluding hydrogens is 350 g/mol. The lowest BCUT2D eigenvalue weighted by Crippen LogP contribution is -2.19. The van der Waals surface area contributed by atoms with Crippen LogP contribution in [0.1, 0.15) is 26.2 Å². The number of aromatic nitrogens is 2. The minimum Gasteiger partial charge on any atom is -0.387 e. The Morgan fingerprint density at radius 2 is 2.22 bits per heavy atom. The molecule has 1 unspecified atom stereocenters. The van der Waals surface area contributed by atoms with E-state index in [0.717, 1.165) is 25.0 Å². The van der Waals surface area contributed by atoms with Gasteiger partial charge in [-0.05, 0) is 30.9 Å². The lowest BCUT2D eigenvalue weighted by Gasteiger charge is -2.05. The molecule has 1 atom stereocenters. The van der Waals surface area contributed by atoms with Crippen LogP contribution in [0.15, 0.2) is 22.3 Å². The fourth-order valence-electron chi connectivity index (χ4n) is 2.86. The van der Waals surface area contributed by atoms with Crippen molar-refractivity contribution in [2.45, 2.75) is 19.9 Å². The standard InChI is InChI=1S/C15H11N3O2S3/c1-6-7(2)22-12-9(6)13(19)18-14-11(23-15(18)16-12)10(17-20-14)8-4-3-5-21-8/h3-5,10,17H,1-2H3. The molecule has 0 aromatic carbocycles. The van der Waals surface area contributed by atoms with Crippen LogP contribution in [0.4, 0.5) is 0 Å². The van der Waals surface area contributed by atoms with Crippen molar-refractivity contribution in [3.63, 3.8) is 0 Å². The third kappa shape index (κ3) is 1.74. The van der Waals surface area contributed by atoms with E-state index in [1.807, 2.05) is 25.3 Å². The molecule has 0 bridgehead atoms. The van der Waals surface area contributed by atoms with E-state index < -0.39 is 0 Å². The van der Waals surface area contributed by atoms with Gasteiger partial charge in [0, 0.05) is 9.75 Å². The lowest BCUT2D eigenvalue weighted by atomic mass is 10.2. The molecule has 116 valence electrons. The van der Waals surface area contributed by atoms with E-state index in [-0.39, 0.29) is 11.6 Å². The van der Waals surface area contributed by atoms with Crippen LogP contribution < -0.4 is 15.9 Å². The molecule has 5 heterocycles. The maximum absolute atomic E-state index is 13.0. The summed E-state index contributed by atoms with van der Waals surface area (Å²) >= 11 is 4.75. The Morgan fingerprint density at radius 3 is 3.00 bits per heavy atom. The number of hydrogen-bond acceptors (Lipinski definition) is 7. The molecule has 5 nitrogen and oxygen atoms in total. The second-order valence-electron chi connectivity index (χ2n) is 5.44. The van der Waals surface area contributed by atoms with Gasteiger partial charge in [0.2, 0.25) is 10.8 Å². The van der Waals surface area contributed by atoms with E-state index in [4.69, 9.17) is 9.82 Å². The Labute approximate surface area is 142 Å². The molecule has 0 spiro atoms. The Bertz CT molecular complexity index is 1120. The van der Waals surface area contributed by atoms with Crippen molar-refractivity contribution in [1.29, 1.82) is 0 Å². The van der Waals surface area contributed by atoms with E-state index in [0.29, 0.717) is 16.2 Å². The summed E-state index contributed by atoms with van der Waals surface area (Å²) in [6.07, 6.45) is 0. The van der Waals surface area contributed by atoms with Crippen molar-refractivity contribution in [2.24, 2.45) is 0 Å². The highest BCUT2D eigenvalue weighted by Gasteiger charge is 2.33. The predicted molar refractivity (Wildman–Crippen MR) is 94.1 cm³/mol. The van der Waals surface area contributed by atoms with Crippen LogP contribution in [0.5, 0.6) is 5.88 Å². The zero-order valence-corrected chi connectivity index (χ0v) is 14.7. The second kappa shape index (κ2) is 4.64. The van der Waals surface area contributed by atoms with Gasteiger partial charge in [-0.2, -0.15) is 0 Å². The van der Waals surface area contributed by atoms with E-state index in [9.17, 15) is 4.79 Å². The predicted octanol–water partition coefficient (Wildman–Crippen LogP) is 3.64. The average molecular weight is 361 g/mol. The van der Waals surface area contributed by atoms with Crippen molar-refractivity contribution in [2.75, 3.05) is 0 Å². The molecule has 0 fully saturated rings. The van der Waals surface area contributed by atoms with Gasteiger partial charge in [-0.3, -0.25) is 4.79 Å². The van der Waals surface area contributed by atoms with Crippen molar-refractivity contribution >= 4 is 49.2 Å². The monoisotopic (exact) mass is 361 g/mol. The molecule has 1 aliphatic heterocycles. The van der Waals surface area contributed by atoms with Gasteiger partial charge < -0.3 is 4.84 Å². The number of hydroxylamine groups is 1. The molecule has 5 rings (SSSR count). The third-order valence-corrected chi connectivity index (χ3v) is 7.28. The summed E-state index contributed by atoms with van der Waals surface area (Å²) in [5, 5.41) is 2.74. The average Bonchev–Trinajstić information content (AvgIpc) is 3.24. The van der Waals surface area contributed by atoms with Crippen LogP contribution in [0.25, 0.3) is 15.2 Å². The first-order valence-electron chi connectivity index (χ1n) is 7.06. The zero-order chi connectivity index (χ0) is 15.7. The van der Waals surface area contributed by atoms with Gasteiger partial charge in [0.1, 0.15) is 10.9 Å². The summed E-state index contributed by atoms with van der Waals surface area (Å²) in [7, 11) is 0. The minimum absolute atomic E-state index is 0.0306. The van der Waals surface area contributed by atoms with Crippen molar-refractivity contribution in [3.05, 3.63) is 48.1 Å². The SMILES string of the molecule is Cc1sc2nc3sc4c(n3c(=O)c2c1C)ONC4c1cccs1. The number of thiazole rings is 1. The normalized spacial score (nSPS) is 17.0. The molecule has 0 saturated heterocycles. The molecule has 8 heteroatoms. The van der Waals surface area contributed by atoms with Crippen LogP contribution in [-0.4, -0.2) is 9.38 Å². The Kier molecular flexibility index (Phi) is 2.76. The molecule has 4 aromatic rings. The van der Waals surface area contributed by atoms with Gasteiger partial charge in [0.25, 0.3) is 5.56 Å². The Balaban J connectivity index is 1.84. The maximum Gasteiger partial charge on any atom is 0.270 e. The molecule has 0 aliphatic carbocycles. The summed E-state index contributed by atoms with van der Waals surface area (Å²) in [4.78, 5) is 28.1. The smallest absolute Gasteiger partial charge is 0.270 e. The molecule has 4 aromatic heterocycles. The number of rotatable bonds is 1. The lowest BCUT2D eigenvalue weighted by molar-refractivity contribution is 0.198. The maximum atomic E-state index is 13.0. The minimum atomic E-state index is -0.0435. The van der Waals surface area contributed by atoms with Crippen LogP contribution in [-0.2, 0) is 0 Å². The van der Waals surface area contributed by atoms with E-state index in [2.05, 4.69) is 11.5 Å². The highest BCUT2D eigenvalue weighted by Crippen LogP contribution is 2.42. The first-order valence-corrected chi connectivity index (χ1v) is 9.57. The third-order valence-electron chi connectivity index (χ3n) is 4.15. The van der Waals surface area contributed by atoms with E-state index in [1.54, 1.807) is 27.1 Å². The topological polar surface area (TPSA) is 55.6 Å². The molecular formula is C15H11N3O2S3.